The van der Waals surface area contributed by atoms with Gasteiger partial charge in [-0.05, 0) is 30.7 Å². The van der Waals surface area contributed by atoms with Gasteiger partial charge in [-0.15, -0.1) is 5.10 Å². The Morgan fingerprint density at radius 2 is 1.68 bits per heavy atom. The molecule has 0 aliphatic heterocycles. The Kier molecular flexibility index (Phi) is 2.93. The number of pyridine rings is 1. The van der Waals surface area contributed by atoms with E-state index < -0.39 is 0 Å². The maximum Gasteiger partial charge on any atom is 0.113 e. The first-order valence-electron chi connectivity index (χ1n) is 7.14. The Morgan fingerprint density at radius 1 is 0.864 bits per heavy atom. The summed E-state index contributed by atoms with van der Waals surface area (Å²) in [5.74, 6) is 0. The normalized spacial score (nSPS) is 11.0. The number of para-hydroxylation sites is 1. The molecule has 0 saturated carbocycles. The monoisotopic (exact) mass is 286 g/mol. The Hall–Kier alpha value is -3.01. The van der Waals surface area contributed by atoms with Crippen LogP contribution in [0.2, 0.25) is 0 Å². The van der Waals surface area contributed by atoms with Crippen LogP contribution in [0.15, 0.2) is 67.0 Å². The number of fused-ring (bicyclic) bond motifs is 1. The molecule has 2 heterocycles. The standard InChI is InChI=1S/C18H14N4/c1-13-6-8-14(9-7-13)15-10-16(12-19-11-15)22-18-5-3-2-4-17(18)20-21-22/h2-12H,1H3. The highest BCUT2D eigenvalue weighted by atomic mass is 15.4. The van der Waals surface area contributed by atoms with E-state index in [2.05, 4.69) is 52.6 Å². The van der Waals surface area contributed by atoms with Gasteiger partial charge in [-0.2, -0.15) is 0 Å². The van der Waals surface area contributed by atoms with Gasteiger partial charge >= 0.3 is 0 Å². The Balaban J connectivity index is 1.83. The van der Waals surface area contributed by atoms with Crippen LogP contribution in [0.3, 0.4) is 0 Å². The van der Waals surface area contributed by atoms with Gasteiger partial charge < -0.3 is 0 Å². The lowest BCUT2D eigenvalue weighted by atomic mass is 10.1. The minimum absolute atomic E-state index is 0.878. The van der Waals surface area contributed by atoms with Crippen LogP contribution in [-0.4, -0.2) is 20.0 Å². The van der Waals surface area contributed by atoms with Crippen LogP contribution in [-0.2, 0) is 0 Å². The highest BCUT2D eigenvalue weighted by molar-refractivity contribution is 5.76. The van der Waals surface area contributed by atoms with Gasteiger partial charge in [0.25, 0.3) is 0 Å². The highest BCUT2D eigenvalue weighted by Gasteiger charge is 2.07. The molecule has 4 aromatic rings. The second-order valence-electron chi connectivity index (χ2n) is 5.29. The third kappa shape index (κ3) is 2.15. The zero-order valence-electron chi connectivity index (χ0n) is 12.1. The van der Waals surface area contributed by atoms with Gasteiger partial charge in [0.15, 0.2) is 0 Å². The number of hydrogen-bond donors (Lipinski definition) is 0. The van der Waals surface area contributed by atoms with Crippen molar-refractivity contribution < 1.29 is 0 Å². The fourth-order valence-corrected chi connectivity index (χ4v) is 2.51. The predicted octanol–water partition coefficient (Wildman–Crippen LogP) is 3.79. The summed E-state index contributed by atoms with van der Waals surface area (Å²) in [5.41, 5.74) is 6.22. The van der Waals surface area contributed by atoms with Crippen molar-refractivity contribution in [3.05, 3.63) is 72.6 Å². The molecule has 22 heavy (non-hydrogen) atoms. The summed E-state index contributed by atoms with van der Waals surface area (Å²) in [6.45, 7) is 2.08. The van der Waals surface area contributed by atoms with Crippen LogP contribution in [0.1, 0.15) is 5.56 Å². The molecule has 0 atom stereocenters. The zero-order valence-corrected chi connectivity index (χ0v) is 12.1. The van der Waals surface area contributed by atoms with Crippen LogP contribution >= 0.6 is 0 Å². The molecular weight excluding hydrogens is 272 g/mol. The molecule has 2 aromatic carbocycles. The number of nitrogens with zero attached hydrogens (tertiary/aromatic N) is 4. The molecule has 0 amide bonds. The smallest absolute Gasteiger partial charge is 0.113 e. The highest BCUT2D eigenvalue weighted by Crippen LogP contribution is 2.22. The summed E-state index contributed by atoms with van der Waals surface area (Å²) in [6, 6.07) is 18.4. The first kappa shape index (κ1) is 12.7. The summed E-state index contributed by atoms with van der Waals surface area (Å²) in [5, 5.41) is 8.44. The van der Waals surface area contributed by atoms with Crippen LogP contribution in [0.4, 0.5) is 0 Å². The van der Waals surface area contributed by atoms with Gasteiger partial charge in [0.1, 0.15) is 5.52 Å². The molecule has 4 nitrogen and oxygen atoms in total. The van der Waals surface area contributed by atoms with Gasteiger partial charge in [-0.3, -0.25) is 4.98 Å². The summed E-state index contributed by atoms with van der Waals surface area (Å²) >= 11 is 0. The molecule has 0 spiro atoms. The van der Waals surface area contributed by atoms with E-state index in [1.165, 1.54) is 5.56 Å². The third-order valence-electron chi connectivity index (χ3n) is 3.71. The average molecular weight is 286 g/mol. The number of hydrogen-bond acceptors (Lipinski definition) is 3. The summed E-state index contributed by atoms with van der Waals surface area (Å²) < 4.78 is 1.82. The van der Waals surface area contributed by atoms with E-state index in [0.29, 0.717) is 0 Å². The van der Waals surface area contributed by atoms with Gasteiger partial charge in [-0.25, -0.2) is 4.68 Å². The molecule has 106 valence electrons. The number of rotatable bonds is 2. The van der Waals surface area contributed by atoms with Gasteiger partial charge in [0.05, 0.1) is 17.4 Å². The first-order chi connectivity index (χ1) is 10.8. The van der Waals surface area contributed by atoms with Gasteiger partial charge in [0, 0.05) is 11.8 Å². The van der Waals surface area contributed by atoms with E-state index in [0.717, 1.165) is 27.8 Å². The van der Waals surface area contributed by atoms with Crippen molar-refractivity contribution in [1.29, 1.82) is 0 Å². The molecule has 0 saturated heterocycles. The summed E-state index contributed by atoms with van der Waals surface area (Å²) in [6.07, 6.45) is 3.67. The average Bonchev–Trinajstić information content (AvgIpc) is 3.00. The fourth-order valence-electron chi connectivity index (χ4n) is 2.51. The van der Waals surface area contributed by atoms with Crippen molar-refractivity contribution in [2.75, 3.05) is 0 Å². The van der Waals surface area contributed by atoms with E-state index in [-0.39, 0.29) is 0 Å². The molecule has 0 radical (unpaired) electrons. The van der Waals surface area contributed by atoms with Crippen molar-refractivity contribution in [3.8, 4) is 16.8 Å². The Bertz CT molecular complexity index is 939. The Labute approximate surface area is 128 Å². The van der Waals surface area contributed by atoms with Crippen LogP contribution < -0.4 is 0 Å². The van der Waals surface area contributed by atoms with Gasteiger partial charge in [-0.1, -0.05) is 47.2 Å². The van der Waals surface area contributed by atoms with E-state index >= 15 is 0 Å². The number of benzene rings is 2. The molecule has 4 heteroatoms. The predicted molar refractivity (Wildman–Crippen MR) is 86.8 cm³/mol. The third-order valence-corrected chi connectivity index (χ3v) is 3.71. The minimum Gasteiger partial charge on any atom is -0.262 e. The SMILES string of the molecule is Cc1ccc(-c2cncc(-n3nnc4ccccc43)c2)cc1. The maximum absolute atomic E-state index is 4.36. The topological polar surface area (TPSA) is 43.6 Å². The van der Waals surface area contributed by atoms with E-state index in [9.17, 15) is 0 Å². The molecule has 0 bridgehead atoms. The minimum atomic E-state index is 0.878. The quantitative estimate of drug-likeness (QED) is 0.563. The maximum atomic E-state index is 4.36. The molecule has 2 aromatic heterocycles. The lowest BCUT2D eigenvalue weighted by Gasteiger charge is -2.06. The largest absolute Gasteiger partial charge is 0.262 e. The van der Waals surface area contributed by atoms with Crippen molar-refractivity contribution >= 4 is 11.0 Å². The molecule has 0 N–H and O–H groups in total. The lowest BCUT2D eigenvalue weighted by Crippen LogP contribution is -1.97. The van der Waals surface area contributed by atoms with Crippen LogP contribution in [0, 0.1) is 6.92 Å². The molecule has 0 fully saturated rings. The number of aromatic nitrogens is 4. The molecule has 4 rings (SSSR count). The van der Waals surface area contributed by atoms with Crippen molar-refractivity contribution in [3.63, 3.8) is 0 Å². The zero-order chi connectivity index (χ0) is 14.9. The molecular formula is C18H14N4. The second-order valence-corrected chi connectivity index (χ2v) is 5.29. The van der Waals surface area contributed by atoms with Crippen LogP contribution in [0.5, 0.6) is 0 Å². The summed E-state index contributed by atoms with van der Waals surface area (Å²) in [4.78, 5) is 4.36. The van der Waals surface area contributed by atoms with E-state index in [1.807, 2.05) is 35.1 Å². The first-order valence-corrected chi connectivity index (χ1v) is 7.14. The van der Waals surface area contributed by atoms with Crippen molar-refractivity contribution in [1.82, 2.24) is 20.0 Å². The molecule has 0 unspecified atom stereocenters. The van der Waals surface area contributed by atoms with Crippen molar-refractivity contribution in [2.45, 2.75) is 6.92 Å². The Morgan fingerprint density at radius 3 is 2.55 bits per heavy atom. The van der Waals surface area contributed by atoms with Crippen molar-refractivity contribution in [2.24, 2.45) is 0 Å². The van der Waals surface area contributed by atoms with Gasteiger partial charge in [0.2, 0.25) is 0 Å². The van der Waals surface area contributed by atoms with Crippen LogP contribution in [0.25, 0.3) is 27.8 Å². The fraction of sp³-hybridized carbons (Fsp3) is 0.0556. The summed E-state index contributed by atoms with van der Waals surface area (Å²) in [7, 11) is 0. The number of aryl methyl sites for hydroxylation is 1. The van der Waals surface area contributed by atoms with E-state index in [4.69, 9.17) is 0 Å². The molecule has 0 aliphatic rings. The molecule has 0 aliphatic carbocycles. The second kappa shape index (κ2) is 5.07. The lowest BCUT2D eigenvalue weighted by molar-refractivity contribution is 0.820. The van der Waals surface area contributed by atoms with E-state index in [1.54, 1.807) is 6.20 Å².